The first-order valence-electron chi connectivity index (χ1n) is 8.81. The van der Waals surface area contributed by atoms with Crippen molar-refractivity contribution < 1.29 is 9.90 Å². The van der Waals surface area contributed by atoms with Gasteiger partial charge < -0.3 is 5.11 Å². The lowest BCUT2D eigenvalue weighted by Gasteiger charge is -2.42. The van der Waals surface area contributed by atoms with E-state index in [1.54, 1.807) is 0 Å². The van der Waals surface area contributed by atoms with Crippen LogP contribution in [-0.4, -0.2) is 35.1 Å². The monoisotopic (exact) mass is 297 g/mol. The zero-order chi connectivity index (χ0) is 16.0. The van der Waals surface area contributed by atoms with Crippen molar-refractivity contribution in [3.8, 4) is 0 Å². The third-order valence-corrected chi connectivity index (χ3v) is 4.61. The number of carbonyl (C=O) groups is 1. The number of nitrogens with zero attached hydrogens (tertiary/aromatic N) is 1. The van der Waals surface area contributed by atoms with Crippen LogP contribution in [0.25, 0.3) is 0 Å². The molecule has 1 aliphatic carbocycles. The number of hydrogen-bond acceptors (Lipinski definition) is 2. The lowest BCUT2D eigenvalue weighted by atomic mass is 9.75. The van der Waals surface area contributed by atoms with E-state index >= 15 is 0 Å². The van der Waals surface area contributed by atoms with Gasteiger partial charge >= 0.3 is 5.97 Å². The van der Waals surface area contributed by atoms with Gasteiger partial charge in [-0.1, -0.05) is 47.5 Å². The van der Waals surface area contributed by atoms with Gasteiger partial charge in [0.05, 0.1) is 5.92 Å². The molecule has 21 heavy (non-hydrogen) atoms. The molecule has 1 saturated carbocycles. The highest BCUT2D eigenvalue weighted by Crippen LogP contribution is 2.35. The molecule has 0 aromatic carbocycles. The Bertz CT molecular complexity index is 304. The van der Waals surface area contributed by atoms with Gasteiger partial charge in [-0.15, -0.1) is 0 Å². The van der Waals surface area contributed by atoms with Crippen LogP contribution in [0.1, 0.15) is 66.7 Å². The quantitative estimate of drug-likeness (QED) is 0.727. The standard InChI is InChI=1S/C18H35NO2/c1-6-7-15-8-9-16(18(20)21)17(10-15)19(11-13(2)3)12-14(4)5/h13-17H,6-12H2,1-5H3,(H,20,21). The minimum Gasteiger partial charge on any atom is -0.481 e. The van der Waals surface area contributed by atoms with E-state index in [0.717, 1.165) is 38.3 Å². The highest BCUT2D eigenvalue weighted by atomic mass is 16.4. The van der Waals surface area contributed by atoms with Crippen molar-refractivity contribution in [1.82, 2.24) is 4.90 Å². The van der Waals surface area contributed by atoms with E-state index in [9.17, 15) is 9.90 Å². The third-order valence-electron chi connectivity index (χ3n) is 4.61. The van der Waals surface area contributed by atoms with Gasteiger partial charge in [0, 0.05) is 19.1 Å². The van der Waals surface area contributed by atoms with Gasteiger partial charge in [-0.25, -0.2) is 0 Å². The van der Waals surface area contributed by atoms with Gasteiger partial charge in [0.1, 0.15) is 0 Å². The predicted molar refractivity (Wildman–Crippen MR) is 88.4 cm³/mol. The van der Waals surface area contributed by atoms with Crippen LogP contribution in [0.3, 0.4) is 0 Å². The maximum atomic E-state index is 11.7. The molecule has 3 unspecified atom stereocenters. The second-order valence-corrected chi connectivity index (χ2v) is 7.72. The Morgan fingerprint density at radius 3 is 2.14 bits per heavy atom. The van der Waals surface area contributed by atoms with Crippen LogP contribution in [0.15, 0.2) is 0 Å². The minimum absolute atomic E-state index is 0.171. The SMILES string of the molecule is CCCC1CCC(C(=O)O)C(N(CC(C)C)CC(C)C)C1. The van der Waals surface area contributed by atoms with Crippen LogP contribution in [0.4, 0.5) is 0 Å². The summed E-state index contributed by atoms with van der Waals surface area (Å²) in [6.45, 7) is 13.2. The van der Waals surface area contributed by atoms with Crippen LogP contribution in [0.2, 0.25) is 0 Å². The van der Waals surface area contributed by atoms with E-state index in [0.29, 0.717) is 11.8 Å². The Kier molecular flexibility index (Phi) is 7.72. The topological polar surface area (TPSA) is 40.5 Å². The molecule has 0 aromatic rings. The summed E-state index contributed by atoms with van der Waals surface area (Å²) in [6.07, 6.45) is 5.49. The first-order chi connectivity index (χ1) is 9.85. The third kappa shape index (κ3) is 5.98. The average molecular weight is 297 g/mol. The van der Waals surface area contributed by atoms with Crippen LogP contribution in [-0.2, 0) is 4.79 Å². The molecule has 0 heterocycles. The number of rotatable bonds is 8. The van der Waals surface area contributed by atoms with Crippen molar-refractivity contribution in [3.05, 3.63) is 0 Å². The summed E-state index contributed by atoms with van der Waals surface area (Å²) in [7, 11) is 0. The van der Waals surface area contributed by atoms with Gasteiger partial charge in [0.15, 0.2) is 0 Å². The summed E-state index contributed by atoms with van der Waals surface area (Å²) in [4.78, 5) is 14.2. The molecular weight excluding hydrogens is 262 g/mol. The molecule has 1 N–H and O–H groups in total. The van der Waals surface area contributed by atoms with Crippen molar-refractivity contribution in [1.29, 1.82) is 0 Å². The van der Waals surface area contributed by atoms with E-state index in [1.165, 1.54) is 12.8 Å². The van der Waals surface area contributed by atoms with Gasteiger partial charge in [-0.2, -0.15) is 0 Å². The molecule has 1 fully saturated rings. The second-order valence-electron chi connectivity index (χ2n) is 7.72. The summed E-state index contributed by atoms with van der Waals surface area (Å²) in [5.74, 6) is 1.13. The number of hydrogen-bond donors (Lipinski definition) is 1. The van der Waals surface area contributed by atoms with Crippen molar-refractivity contribution >= 4 is 5.97 Å². The summed E-state index contributed by atoms with van der Waals surface area (Å²) < 4.78 is 0. The van der Waals surface area contributed by atoms with Crippen molar-refractivity contribution in [2.75, 3.05) is 13.1 Å². The number of aliphatic carboxylic acids is 1. The van der Waals surface area contributed by atoms with E-state index in [4.69, 9.17) is 0 Å². The first kappa shape index (κ1) is 18.5. The maximum absolute atomic E-state index is 11.7. The summed E-state index contributed by atoms with van der Waals surface area (Å²) in [6, 6.07) is 0.234. The summed E-state index contributed by atoms with van der Waals surface area (Å²) in [5.41, 5.74) is 0. The summed E-state index contributed by atoms with van der Waals surface area (Å²) in [5, 5.41) is 9.62. The molecule has 1 aliphatic rings. The molecule has 0 saturated heterocycles. The van der Waals surface area contributed by atoms with Crippen LogP contribution >= 0.6 is 0 Å². The van der Waals surface area contributed by atoms with Crippen molar-refractivity contribution in [2.24, 2.45) is 23.7 Å². The molecule has 0 bridgehead atoms. The Morgan fingerprint density at radius 2 is 1.71 bits per heavy atom. The fourth-order valence-electron chi connectivity index (χ4n) is 3.88. The number of carboxylic acid groups (broad SMARTS) is 1. The zero-order valence-electron chi connectivity index (χ0n) is 14.6. The smallest absolute Gasteiger partial charge is 0.308 e. The fraction of sp³-hybridized carbons (Fsp3) is 0.944. The van der Waals surface area contributed by atoms with Crippen LogP contribution in [0, 0.1) is 23.7 Å². The minimum atomic E-state index is -0.590. The molecule has 0 aromatic heterocycles. The second kappa shape index (κ2) is 8.77. The highest BCUT2D eigenvalue weighted by Gasteiger charge is 2.38. The Morgan fingerprint density at radius 1 is 1.14 bits per heavy atom. The van der Waals surface area contributed by atoms with Gasteiger partial charge in [0.2, 0.25) is 0 Å². The van der Waals surface area contributed by atoms with Crippen LogP contribution < -0.4 is 0 Å². The zero-order valence-corrected chi connectivity index (χ0v) is 14.6. The molecule has 3 atom stereocenters. The Hall–Kier alpha value is -0.570. The van der Waals surface area contributed by atoms with E-state index in [-0.39, 0.29) is 12.0 Å². The van der Waals surface area contributed by atoms with Gasteiger partial charge in [-0.05, 0) is 37.0 Å². The molecule has 124 valence electrons. The first-order valence-corrected chi connectivity index (χ1v) is 8.81. The molecule has 3 heteroatoms. The van der Waals surface area contributed by atoms with E-state index < -0.39 is 5.97 Å². The predicted octanol–water partition coefficient (Wildman–Crippen LogP) is 4.27. The highest BCUT2D eigenvalue weighted by molar-refractivity contribution is 5.71. The van der Waals surface area contributed by atoms with Crippen molar-refractivity contribution in [2.45, 2.75) is 72.8 Å². The average Bonchev–Trinajstić information content (AvgIpc) is 2.36. The summed E-state index contributed by atoms with van der Waals surface area (Å²) >= 11 is 0. The molecular formula is C18H35NO2. The largest absolute Gasteiger partial charge is 0.481 e. The Labute approximate surface area is 131 Å². The number of carboxylic acids is 1. The van der Waals surface area contributed by atoms with Crippen LogP contribution in [0.5, 0.6) is 0 Å². The molecule has 1 rings (SSSR count). The molecule has 0 spiro atoms. The molecule has 3 nitrogen and oxygen atoms in total. The fourth-order valence-corrected chi connectivity index (χ4v) is 3.88. The lowest BCUT2D eigenvalue weighted by Crippen LogP contribution is -2.49. The molecule has 0 aliphatic heterocycles. The van der Waals surface area contributed by atoms with E-state index in [2.05, 4.69) is 39.5 Å². The van der Waals surface area contributed by atoms with E-state index in [1.807, 2.05) is 0 Å². The van der Waals surface area contributed by atoms with Gasteiger partial charge in [0.25, 0.3) is 0 Å². The Balaban J connectivity index is 2.86. The normalized spacial score (nSPS) is 26.8. The maximum Gasteiger partial charge on any atom is 0.308 e. The van der Waals surface area contributed by atoms with Crippen molar-refractivity contribution in [3.63, 3.8) is 0 Å². The molecule has 0 amide bonds. The van der Waals surface area contributed by atoms with Gasteiger partial charge in [-0.3, -0.25) is 9.69 Å². The lowest BCUT2D eigenvalue weighted by molar-refractivity contribution is -0.146. The molecule has 0 radical (unpaired) electrons.